The van der Waals surface area contributed by atoms with Crippen molar-refractivity contribution in [1.82, 2.24) is 9.80 Å². The second kappa shape index (κ2) is 10.6. The molecule has 2 N–H and O–H groups in total. The van der Waals surface area contributed by atoms with Crippen LogP contribution in [-0.2, 0) is 30.2 Å². The van der Waals surface area contributed by atoms with Gasteiger partial charge in [0.15, 0.2) is 0 Å². The molecule has 5 nitrogen and oxygen atoms in total. The van der Waals surface area contributed by atoms with E-state index in [0.29, 0.717) is 43.9 Å². The second-order valence-corrected chi connectivity index (χ2v) is 8.14. The number of hydrogen-bond donors (Lipinski definition) is 1. The van der Waals surface area contributed by atoms with Crippen LogP contribution in [0.2, 0.25) is 0 Å². The Labute approximate surface area is 193 Å². The van der Waals surface area contributed by atoms with Gasteiger partial charge in [-0.05, 0) is 41.8 Å². The third-order valence-electron chi connectivity index (χ3n) is 5.56. The maximum absolute atomic E-state index is 13.1. The minimum Gasteiger partial charge on any atom is -0.489 e. The van der Waals surface area contributed by atoms with Crippen LogP contribution in [0.25, 0.3) is 0 Å². The van der Waals surface area contributed by atoms with Crippen LogP contribution in [-0.4, -0.2) is 55.0 Å². The van der Waals surface area contributed by atoms with Crippen LogP contribution in [0.5, 0.6) is 5.75 Å². The lowest BCUT2D eigenvalue weighted by atomic mass is 10.0. The van der Waals surface area contributed by atoms with Crippen molar-refractivity contribution < 1.29 is 35.9 Å². The highest BCUT2D eigenvalue weighted by Gasteiger charge is 2.37. The Morgan fingerprint density at radius 3 is 2.00 bits per heavy atom. The molecule has 0 saturated carbocycles. The van der Waals surface area contributed by atoms with Gasteiger partial charge in [-0.2, -0.15) is 26.3 Å². The molecule has 11 heteroatoms. The Balaban J connectivity index is 1.64. The van der Waals surface area contributed by atoms with E-state index in [1.807, 2.05) is 11.0 Å². The van der Waals surface area contributed by atoms with Crippen LogP contribution in [0.4, 0.5) is 26.3 Å². The lowest BCUT2D eigenvalue weighted by Crippen LogP contribution is -2.49. The van der Waals surface area contributed by atoms with Gasteiger partial charge in [0.1, 0.15) is 12.4 Å². The van der Waals surface area contributed by atoms with Gasteiger partial charge in [-0.3, -0.25) is 9.69 Å². The average Bonchev–Trinajstić information content (AvgIpc) is 2.76. The lowest BCUT2D eigenvalue weighted by molar-refractivity contribution is -0.143. The fourth-order valence-electron chi connectivity index (χ4n) is 3.78. The fourth-order valence-corrected chi connectivity index (χ4v) is 3.78. The first-order valence-electron chi connectivity index (χ1n) is 10.6. The van der Waals surface area contributed by atoms with Crippen molar-refractivity contribution in [2.24, 2.45) is 5.73 Å². The van der Waals surface area contributed by atoms with E-state index >= 15 is 0 Å². The molecule has 0 radical (unpaired) electrons. The van der Waals surface area contributed by atoms with E-state index in [1.165, 1.54) is 0 Å². The number of nitrogens with two attached hydrogens (primary N) is 1. The van der Waals surface area contributed by atoms with E-state index in [9.17, 15) is 31.1 Å². The standard InChI is InChI=1S/C23H25F6N3O2/c24-22(25,26)18-11-16(12-19(13-18)23(27,28)29)15-34-20-4-2-1-3-17(20)5-6-31-7-9-32(10-8-31)14-21(30)33/h1-4,11-13H,5-10,14-15H2,(H2,30,33). The van der Waals surface area contributed by atoms with Gasteiger partial charge < -0.3 is 15.4 Å². The maximum Gasteiger partial charge on any atom is 0.416 e. The Morgan fingerprint density at radius 2 is 1.44 bits per heavy atom. The van der Waals surface area contributed by atoms with E-state index in [0.717, 1.165) is 18.7 Å². The van der Waals surface area contributed by atoms with Crippen LogP contribution in [0.15, 0.2) is 42.5 Å². The largest absolute Gasteiger partial charge is 0.489 e. The summed E-state index contributed by atoms with van der Waals surface area (Å²) in [7, 11) is 0. The molecule has 1 saturated heterocycles. The predicted molar refractivity (Wildman–Crippen MR) is 113 cm³/mol. The summed E-state index contributed by atoms with van der Waals surface area (Å²) < 4.78 is 84.2. The van der Waals surface area contributed by atoms with Gasteiger partial charge >= 0.3 is 12.4 Å². The molecular weight excluding hydrogens is 464 g/mol. The third kappa shape index (κ3) is 7.36. The number of primary amides is 1. The summed E-state index contributed by atoms with van der Waals surface area (Å²) in [6, 6.07) is 8.37. The number of hydrogen-bond acceptors (Lipinski definition) is 4. The number of para-hydroxylation sites is 1. The van der Waals surface area contributed by atoms with Crippen LogP contribution in [0, 0.1) is 0 Å². The van der Waals surface area contributed by atoms with Crippen molar-refractivity contribution in [2.75, 3.05) is 39.3 Å². The van der Waals surface area contributed by atoms with E-state index in [1.54, 1.807) is 18.2 Å². The molecule has 0 spiro atoms. The lowest BCUT2D eigenvalue weighted by Gasteiger charge is -2.34. The van der Waals surface area contributed by atoms with E-state index in [-0.39, 0.29) is 24.1 Å². The number of carbonyl (C=O) groups excluding carboxylic acids is 1. The molecule has 0 aliphatic carbocycles. The zero-order chi connectivity index (χ0) is 24.9. The van der Waals surface area contributed by atoms with Crippen molar-refractivity contribution in [3.05, 3.63) is 64.7 Å². The fraction of sp³-hybridized carbons (Fsp3) is 0.435. The molecule has 1 aliphatic rings. The van der Waals surface area contributed by atoms with Crippen molar-refractivity contribution in [3.63, 3.8) is 0 Å². The SMILES string of the molecule is NC(=O)CN1CCN(CCc2ccccc2OCc2cc(C(F)(F)F)cc(C(F)(F)F)c2)CC1. The third-order valence-corrected chi connectivity index (χ3v) is 5.56. The number of piperazine rings is 1. The first kappa shape index (κ1) is 25.8. The number of halogens is 6. The van der Waals surface area contributed by atoms with Crippen molar-refractivity contribution in [2.45, 2.75) is 25.4 Å². The molecule has 2 aromatic carbocycles. The van der Waals surface area contributed by atoms with Gasteiger partial charge in [0.05, 0.1) is 17.7 Å². The predicted octanol–water partition coefficient (Wildman–Crippen LogP) is 3.95. The van der Waals surface area contributed by atoms with Crippen molar-refractivity contribution >= 4 is 5.91 Å². The smallest absolute Gasteiger partial charge is 0.416 e. The average molecular weight is 489 g/mol. The molecule has 34 heavy (non-hydrogen) atoms. The van der Waals surface area contributed by atoms with Gasteiger partial charge in [0.25, 0.3) is 0 Å². The molecule has 0 aromatic heterocycles. The number of alkyl halides is 6. The summed E-state index contributed by atoms with van der Waals surface area (Å²) in [5.74, 6) is 0.0310. The summed E-state index contributed by atoms with van der Waals surface area (Å²) >= 11 is 0. The second-order valence-electron chi connectivity index (χ2n) is 8.14. The van der Waals surface area contributed by atoms with Gasteiger partial charge in [0.2, 0.25) is 5.91 Å². The molecule has 0 unspecified atom stereocenters. The summed E-state index contributed by atoms with van der Waals surface area (Å²) in [6.07, 6.45) is -9.23. The highest BCUT2D eigenvalue weighted by atomic mass is 19.4. The monoisotopic (exact) mass is 489 g/mol. The molecule has 1 amide bonds. The van der Waals surface area contributed by atoms with Crippen molar-refractivity contribution in [1.29, 1.82) is 0 Å². The summed E-state index contributed by atoms with van der Waals surface area (Å²) in [4.78, 5) is 15.2. The van der Waals surface area contributed by atoms with Gasteiger partial charge in [-0.15, -0.1) is 0 Å². The molecule has 186 valence electrons. The molecule has 0 bridgehead atoms. The van der Waals surface area contributed by atoms with Crippen LogP contribution >= 0.6 is 0 Å². The normalized spacial score (nSPS) is 15.9. The van der Waals surface area contributed by atoms with E-state index < -0.39 is 30.1 Å². The molecule has 0 atom stereocenters. The first-order valence-corrected chi connectivity index (χ1v) is 10.6. The number of amides is 1. The minimum absolute atomic E-state index is 0.0978. The Kier molecular flexibility index (Phi) is 8.09. The molecule has 3 rings (SSSR count). The summed E-state index contributed by atoms with van der Waals surface area (Å²) in [5.41, 5.74) is 3.05. The van der Waals surface area contributed by atoms with Crippen molar-refractivity contribution in [3.8, 4) is 5.75 Å². The van der Waals surface area contributed by atoms with Crippen LogP contribution in [0.3, 0.4) is 0 Å². The Bertz CT molecular complexity index is 953. The number of rotatable bonds is 8. The highest BCUT2D eigenvalue weighted by molar-refractivity contribution is 5.75. The summed E-state index contributed by atoms with van der Waals surface area (Å²) in [5, 5.41) is 0. The summed E-state index contributed by atoms with van der Waals surface area (Å²) in [6.45, 7) is 3.39. The maximum atomic E-state index is 13.1. The zero-order valence-electron chi connectivity index (χ0n) is 18.3. The number of benzene rings is 2. The van der Waals surface area contributed by atoms with Crippen LogP contribution in [0.1, 0.15) is 22.3 Å². The molecule has 1 heterocycles. The number of carbonyl (C=O) groups is 1. The quantitative estimate of drug-likeness (QED) is 0.571. The van der Waals surface area contributed by atoms with Crippen LogP contribution < -0.4 is 10.5 Å². The van der Waals surface area contributed by atoms with E-state index in [2.05, 4.69) is 4.90 Å². The highest BCUT2D eigenvalue weighted by Crippen LogP contribution is 2.36. The topological polar surface area (TPSA) is 58.8 Å². The minimum atomic E-state index is -4.91. The zero-order valence-corrected chi connectivity index (χ0v) is 18.3. The molecule has 2 aromatic rings. The van der Waals surface area contributed by atoms with Gasteiger partial charge in [-0.25, -0.2) is 0 Å². The number of nitrogens with zero attached hydrogens (tertiary/aromatic N) is 2. The molecule has 1 fully saturated rings. The molecule has 1 aliphatic heterocycles. The van der Waals surface area contributed by atoms with E-state index in [4.69, 9.17) is 10.5 Å². The molecular formula is C23H25F6N3O2. The first-order chi connectivity index (χ1) is 15.9. The Morgan fingerprint density at radius 1 is 0.882 bits per heavy atom. The Hall–Kier alpha value is -2.79. The van der Waals surface area contributed by atoms with Gasteiger partial charge in [0, 0.05) is 32.7 Å². The number of ether oxygens (including phenoxy) is 1. The van der Waals surface area contributed by atoms with Gasteiger partial charge in [-0.1, -0.05) is 18.2 Å².